The summed E-state index contributed by atoms with van der Waals surface area (Å²) >= 11 is 0. The highest BCUT2D eigenvalue weighted by atomic mass is 16.2. The van der Waals surface area contributed by atoms with Gasteiger partial charge in [-0.25, -0.2) is 9.59 Å². The van der Waals surface area contributed by atoms with Crippen molar-refractivity contribution in [3.8, 4) is 11.1 Å². The third-order valence-corrected chi connectivity index (χ3v) is 6.57. The van der Waals surface area contributed by atoms with Gasteiger partial charge in [0.05, 0.1) is 12.2 Å². The summed E-state index contributed by atoms with van der Waals surface area (Å²) in [5.41, 5.74) is 10.8. The average Bonchev–Trinajstić information content (AvgIpc) is 3.05. The van der Waals surface area contributed by atoms with E-state index in [1.165, 1.54) is 0 Å². The molecule has 9 heteroatoms. The molecule has 0 aromatic heterocycles. The monoisotopic (exact) mass is 528 g/mol. The Balaban J connectivity index is 1.55. The number of aryl methyl sites for hydroxylation is 1. The highest BCUT2D eigenvalue weighted by Gasteiger charge is 2.31. The molecule has 1 heterocycles. The topological polar surface area (TPSA) is 129 Å². The van der Waals surface area contributed by atoms with Crippen LogP contribution in [0.5, 0.6) is 0 Å². The number of anilines is 2. The SMILES string of the molecule is CNC(=O)Nc1ccccc1-c1ccc(CN2C(=O)[C@H](NC(=O)NCC(C)(C)N)CCc3ccccc32)cc1. The molecule has 0 radical (unpaired) electrons. The Morgan fingerprint density at radius 3 is 2.38 bits per heavy atom. The number of benzene rings is 3. The van der Waals surface area contributed by atoms with E-state index in [9.17, 15) is 14.4 Å². The number of urea groups is 2. The lowest BCUT2D eigenvalue weighted by Crippen LogP contribution is -2.53. The van der Waals surface area contributed by atoms with Gasteiger partial charge < -0.3 is 31.9 Å². The molecule has 6 N–H and O–H groups in total. The average molecular weight is 529 g/mol. The van der Waals surface area contributed by atoms with Crippen LogP contribution >= 0.6 is 0 Å². The maximum atomic E-state index is 13.7. The van der Waals surface area contributed by atoms with Crippen molar-refractivity contribution in [2.75, 3.05) is 23.8 Å². The van der Waals surface area contributed by atoms with Gasteiger partial charge in [0, 0.05) is 30.4 Å². The normalized spacial score (nSPS) is 15.1. The molecule has 0 unspecified atom stereocenters. The van der Waals surface area contributed by atoms with Gasteiger partial charge in [-0.15, -0.1) is 0 Å². The molecule has 0 spiro atoms. The van der Waals surface area contributed by atoms with E-state index in [2.05, 4.69) is 21.3 Å². The summed E-state index contributed by atoms with van der Waals surface area (Å²) in [5, 5.41) is 11.0. The molecule has 0 bridgehead atoms. The second kappa shape index (κ2) is 12.0. The second-order valence-electron chi connectivity index (χ2n) is 10.4. The fourth-order valence-electron chi connectivity index (χ4n) is 4.53. The second-order valence-corrected chi connectivity index (χ2v) is 10.4. The molecule has 0 aliphatic carbocycles. The van der Waals surface area contributed by atoms with Gasteiger partial charge in [-0.3, -0.25) is 4.79 Å². The molecule has 5 amide bonds. The lowest BCUT2D eigenvalue weighted by Gasteiger charge is -2.27. The molecular weight excluding hydrogens is 492 g/mol. The molecule has 1 aliphatic rings. The number of rotatable bonds is 7. The van der Waals surface area contributed by atoms with Crippen molar-refractivity contribution in [2.45, 2.75) is 44.8 Å². The van der Waals surface area contributed by atoms with Crippen molar-refractivity contribution in [1.29, 1.82) is 0 Å². The third kappa shape index (κ3) is 7.14. The third-order valence-electron chi connectivity index (χ3n) is 6.57. The van der Waals surface area contributed by atoms with E-state index in [0.717, 1.165) is 27.9 Å². The zero-order valence-corrected chi connectivity index (χ0v) is 22.6. The number of hydrogen-bond acceptors (Lipinski definition) is 4. The molecule has 0 saturated heterocycles. The summed E-state index contributed by atoms with van der Waals surface area (Å²) in [6.07, 6.45) is 1.17. The summed E-state index contributed by atoms with van der Waals surface area (Å²) < 4.78 is 0. The number of fused-ring (bicyclic) bond motifs is 1. The maximum absolute atomic E-state index is 13.7. The number of nitrogens with one attached hydrogen (secondary N) is 4. The summed E-state index contributed by atoms with van der Waals surface area (Å²) in [4.78, 5) is 39.9. The van der Waals surface area contributed by atoms with Crippen LogP contribution in [0.25, 0.3) is 11.1 Å². The quantitative estimate of drug-likeness (QED) is 0.318. The first kappa shape index (κ1) is 27.7. The number of hydrogen-bond donors (Lipinski definition) is 5. The molecule has 0 fully saturated rings. The minimum atomic E-state index is -0.666. The number of nitrogens with zero attached hydrogens (tertiary/aromatic N) is 1. The lowest BCUT2D eigenvalue weighted by molar-refractivity contribution is -0.120. The smallest absolute Gasteiger partial charge is 0.318 e. The lowest BCUT2D eigenvalue weighted by atomic mass is 10.0. The minimum Gasteiger partial charge on any atom is -0.341 e. The molecule has 3 aromatic rings. The van der Waals surface area contributed by atoms with E-state index in [1.54, 1.807) is 11.9 Å². The standard InChI is InChI=1S/C30H36N6O3/c1-30(2,31)19-33-29(39)35-25-17-16-22-8-4-7-11-26(22)36(27(25)37)18-20-12-14-21(15-13-20)23-9-5-6-10-24(23)34-28(38)32-3/h4-15,25H,16-19,31H2,1-3H3,(H2,32,34,38)(H2,33,35,39)/t25-/m1/s1. The maximum Gasteiger partial charge on any atom is 0.318 e. The van der Waals surface area contributed by atoms with E-state index in [4.69, 9.17) is 5.73 Å². The van der Waals surface area contributed by atoms with Gasteiger partial charge in [0.15, 0.2) is 0 Å². The number of amides is 5. The minimum absolute atomic E-state index is 0.161. The van der Waals surface area contributed by atoms with Crippen LogP contribution in [0.3, 0.4) is 0 Å². The van der Waals surface area contributed by atoms with Gasteiger partial charge in [-0.1, -0.05) is 60.7 Å². The van der Waals surface area contributed by atoms with Crippen molar-refractivity contribution in [2.24, 2.45) is 5.73 Å². The first-order chi connectivity index (χ1) is 18.6. The molecule has 39 heavy (non-hydrogen) atoms. The Morgan fingerprint density at radius 2 is 1.67 bits per heavy atom. The van der Waals surface area contributed by atoms with E-state index in [-0.39, 0.29) is 18.5 Å². The zero-order valence-electron chi connectivity index (χ0n) is 22.6. The fraction of sp³-hybridized carbons (Fsp3) is 0.300. The van der Waals surface area contributed by atoms with Gasteiger partial charge in [-0.05, 0) is 55.5 Å². The molecule has 4 rings (SSSR count). The molecule has 0 saturated carbocycles. The molecule has 9 nitrogen and oxygen atoms in total. The number of carbonyl (C=O) groups excluding carboxylic acids is 3. The summed E-state index contributed by atoms with van der Waals surface area (Å²) in [7, 11) is 1.57. The molecular formula is C30H36N6O3. The van der Waals surface area contributed by atoms with Gasteiger partial charge in [0.1, 0.15) is 6.04 Å². The predicted octanol–water partition coefficient (Wildman–Crippen LogP) is 3.99. The molecule has 1 aliphatic heterocycles. The summed E-state index contributed by atoms with van der Waals surface area (Å²) in [5.74, 6) is -0.161. The van der Waals surface area contributed by atoms with E-state index in [1.807, 2.05) is 86.6 Å². The van der Waals surface area contributed by atoms with Crippen LogP contribution in [0.15, 0.2) is 72.8 Å². The van der Waals surface area contributed by atoms with Gasteiger partial charge in [0.2, 0.25) is 5.91 Å². The number of carbonyl (C=O) groups is 3. The largest absolute Gasteiger partial charge is 0.341 e. The summed E-state index contributed by atoms with van der Waals surface area (Å²) in [6.45, 7) is 4.29. The number of nitrogens with two attached hydrogens (primary N) is 1. The van der Waals surface area contributed by atoms with E-state index < -0.39 is 17.6 Å². The van der Waals surface area contributed by atoms with Crippen molar-refractivity contribution in [3.63, 3.8) is 0 Å². The van der Waals surface area contributed by atoms with Crippen molar-refractivity contribution in [1.82, 2.24) is 16.0 Å². The Kier molecular flexibility index (Phi) is 8.51. The Hall–Kier alpha value is -4.37. The van der Waals surface area contributed by atoms with Crippen LogP contribution in [-0.4, -0.2) is 43.1 Å². The highest BCUT2D eigenvalue weighted by Crippen LogP contribution is 2.31. The van der Waals surface area contributed by atoms with Crippen molar-refractivity contribution >= 4 is 29.3 Å². The number of para-hydroxylation sites is 2. The van der Waals surface area contributed by atoms with Crippen LogP contribution in [0.1, 0.15) is 31.4 Å². The summed E-state index contributed by atoms with van der Waals surface area (Å²) in [6, 6.07) is 22.0. The van der Waals surface area contributed by atoms with Crippen LogP contribution < -0.4 is 31.9 Å². The molecule has 1 atom stereocenters. The van der Waals surface area contributed by atoms with Gasteiger partial charge >= 0.3 is 12.1 Å². The van der Waals surface area contributed by atoms with Crippen LogP contribution in [-0.2, 0) is 17.8 Å². The predicted molar refractivity (Wildman–Crippen MR) is 154 cm³/mol. The van der Waals surface area contributed by atoms with Crippen LogP contribution in [0, 0.1) is 0 Å². The highest BCUT2D eigenvalue weighted by molar-refractivity contribution is 6.00. The Labute approximate surface area is 229 Å². The fourth-order valence-corrected chi connectivity index (χ4v) is 4.53. The van der Waals surface area contributed by atoms with E-state index >= 15 is 0 Å². The Morgan fingerprint density at radius 1 is 0.974 bits per heavy atom. The van der Waals surface area contributed by atoms with Gasteiger partial charge in [-0.2, -0.15) is 0 Å². The van der Waals surface area contributed by atoms with Crippen LogP contribution in [0.2, 0.25) is 0 Å². The zero-order chi connectivity index (χ0) is 28.0. The molecule has 3 aromatic carbocycles. The molecule has 204 valence electrons. The van der Waals surface area contributed by atoms with E-state index in [0.29, 0.717) is 25.1 Å². The first-order valence-electron chi connectivity index (χ1n) is 13.0. The van der Waals surface area contributed by atoms with Crippen molar-refractivity contribution < 1.29 is 14.4 Å². The van der Waals surface area contributed by atoms with Crippen LogP contribution in [0.4, 0.5) is 21.0 Å². The van der Waals surface area contributed by atoms with Crippen molar-refractivity contribution in [3.05, 3.63) is 83.9 Å². The van der Waals surface area contributed by atoms with Gasteiger partial charge in [0.25, 0.3) is 0 Å². The first-order valence-corrected chi connectivity index (χ1v) is 13.0. The Bertz CT molecular complexity index is 1330.